The van der Waals surface area contributed by atoms with E-state index in [0.29, 0.717) is 12.2 Å². The summed E-state index contributed by atoms with van der Waals surface area (Å²) in [6.07, 6.45) is 0.443. The fourth-order valence-electron chi connectivity index (χ4n) is 2.05. The zero-order chi connectivity index (χ0) is 16.0. The second kappa shape index (κ2) is 7.75. The van der Waals surface area contributed by atoms with Crippen molar-refractivity contribution in [2.24, 2.45) is 0 Å². The number of carbonyl (C=O) groups is 1. The summed E-state index contributed by atoms with van der Waals surface area (Å²) in [6.45, 7) is 5.61. The van der Waals surface area contributed by atoms with Gasteiger partial charge in [0.2, 0.25) is 0 Å². The summed E-state index contributed by atoms with van der Waals surface area (Å²) in [7, 11) is 1.34. The van der Waals surface area contributed by atoms with Crippen LogP contribution in [0.4, 0.5) is 8.78 Å². The lowest BCUT2D eigenvalue weighted by Crippen LogP contribution is -2.53. The number of nitrogens with one attached hydrogen (secondary N) is 1. The molecule has 3 nitrogen and oxygen atoms in total. The third-order valence-electron chi connectivity index (χ3n) is 3.00. The first-order valence-electron chi connectivity index (χ1n) is 6.72. The van der Waals surface area contributed by atoms with Crippen LogP contribution in [0.25, 0.3) is 0 Å². The van der Waals surface area contributed by atoms with Gasteiger partial charge in [-0.15, -0.1) is 11.8 Å². The summed E-state index contributed by atoms with van der Waals surface area (Å²) < 4.78 is 31.4. The first kappa shape index (κ1) is 17.9. The molecule has 0 saturated carbocycles. The summed E-state index contributed by atoms with van der Waals surface area (Å²) in [4.78, 5) is 12.1. The van der Waals surface area contributed by atoms with E-state index in [1.165, 1.54) is 18.9 Å². The molecule has 1 atom stereocenters. The van der Waals surface area contributed by atoms with Crippen molar-refractivity contribution >= 4 is 17.7 Å². The Bertz CT molecular complexity index is 497. The molecule has 1 N–H and O–H groups in total. The summed E-state index contributed by atoms with van der Waals surface area (Å²) >= 11 is 1.18. The first-order chi connectivity index (χ1) is 9.78. The van der Waals surface area contributed by atoms with Gasteiger partial charge in [-0.1, -0.05) is 0 Å². The van der Waals surface area contributed by atoms with Crippen molar-refractivity contribution in [3.8, 4) is 0 Å². The quantitative estimate of drug-likeness (QED) is 0.618. The predicted octanol–water partition coefficient (Wildman–Crippen LogP) is 3.38. The normalized spacial score (nSPS) is 14.0. The number of esters is 1. The molecule has 0 radical (unpaired) electrons. The fourth-order valence-corrected chi connectivity index (χ4v) is 3.18. The molecule has 0 saturated heterocycles. The molecule has 1 rings (SSSR count). The maximum Gasteiger partial charge on any atom is 0.325 e. The highest BCUT2D eigenvalue weighted by atomic mass is 32.2. The Labute approximate surface area is 128 Å². The summed E-state index contributed by atoms with van der Waals surface area (Å²) in [6, 6.07) is 3.44. The molecule has 0 heterocycles. The Balaban J connectivity index is 2.69. The number of hydrogen-bond donors (Lipinski definition) is 1. The van der Waals surface area contributed by atoms with E-state index >= 15 is 0 Å². The highest BCUT2D eigenvalue weighted by molar-refractivity contribution is 7.99. The average Bonchev–Trinajstić information content (AvgIpc) is 2.40. The summed E-state index contributed by atoms with van der Waals surface area (Å²) in [5.41, 5.74) is -0.848. The van der Waals surface area contributed by atoms with Crippen molar-refractivity contribution in [1.82, 2.24) is 5.32 Å². The SMILES string of the molecule is COC(=O)C(C)(CCSc1cc(F)ccc1F)NC(C)C. The molecule has 21 heavy (non-hydrogen) atoms. The first-order valence-corrected chi connectivity index (χ1v) is 7.71. The van der Waals surface area contributed by atoms with Gasteiger partial charge in [-0.25, -0.2) is 8.78 Å². The average molecular weight is 317 g/mol. The molecule has 0 spiro atoms. The van der Waals surface area contributed by atoms with Crippen LogP contribution in [0.5, 0.6) is 0 Å². The molecule has 0 fully saturated rings. The predicted molar refractivity (Wildman–Crippen MR) is 80.4 cm³/mol. The Morgan fingerprint density at radius 3 is 2.67 bits per heavy atom. The summed E-state index contributed by atoms with van der Waals surface area (Å²) in [5.74, 6) is -0.837. The third-order valence-corrected chi connectivity index (χ3v) is 4.03. The number of ether oxygens (including phenoxy) is 1. The molecule has 1 unspecified atom stereocenters. The van der Waals surface area contributed by atoms with Gasteiger partial charge < -0.3 is 4.74 Å². The minimum Gasteiger partial charge on any atom is -0.468 e. The third kappa shape index (κ3) is 5.28. The number of thioether (sulfide) groups is 1. The molecule has 0 aliphatic carbocycles. The molecule has 1 aromatic rings. The maximum atomic E-state index is 13.5. The molecular weight excluding hydrogens is 296 g/mol. The Morgan fingerprint density at radius 1 is 1.43 bits per heavy atom. The van der Waals surface area contributed by atoms with Crippen LogP contribution in [0.2, 0.25) is 0 Å². The Morgan fingerprint density at radius 2 is 2.10 bits per heavy atom. The Kier molecular flexibility index (Phi) is 6.61. The minimum absolute atomic E-state index is 0.102. The van der Waals surface area contributed by atoms with Crippen LogP contribution < -0.4 is 5.32 Å². The smallest absolute Gasteiger partial charge is 0.325 e. The van der Waals surface area contributed by atoms with Gasteiger partial charge in [0.05, 0.1) is 7.11 Å². The molecule has 6 heteroatoms. The summed E-state index contributed by atoms with van der Waals surface area (Å²) in [5, 5.41) is 3.16. The number of methoxy groups -OCH3 is 1. The van der Waals surface area contributed by atoms with Gasteiger partial charge in [0.15, 0.2) is 0 Å². The number of halogens is 2. The fraction of sp³-hybridized carbons (Fsp3) is 0.533. The van der Waals surface area contributed by atoms with Gasteiger partial charge in [-0.05, 0) is 45.4 Å². The Hall–Kier alpha value is -1.14. The van der Waals surface area contributed by atoms with E-state index in [1.54, 1.807) is 6.92 Å². The van der Waals surface area contributed by atoms with Gasteiger partial charge in [0.25, 0.3) is 0 Å². The van der Waals surface area contributed by atoms with Crippen LogP contribution in [0.3, 0.4) is 0 Å². The molecule has 118 valence electrons. The van der Waals surface area contributed by atoms with Crippen LogP contribution in [0.1, 0.15) is 27.2 Å². The van der Waals surface area contributed by atoms with E-state index in [1.807, 2.05) is 13.8 Å². The molecule has 1 aromatic carbocycles. The maximum absolute atomic E-state index is 13.5. The van der Waals surface area contributed by atoms with Crippen LogP contribution >= 0.6 is 11.8 Å². The highest BCUT2D eigenvalue weighted by Crippen LogP contribution is 2.26. The van der Waals surface area contributed by atoms with Crippen LogP contribution in [0, 0.1) is 11.6 Å². The molecular formula is C15H21F2NO2S. The van der Waals surface area contributed by atoms with Gasteiger partial charge in [0, 0.05) is 16.7 Å². The number of hydrogen-bond acceptors (Lipinski definition) is 4. The van der Waals surface area contributed by atoms with Crippen molar-refractivity contribution in [2.45, 2.75) is 43.7 Å². The van der Waals surface area contributed by atoms with Gasteiger partial charge >= 0.3 is 5.97 Å². The molecule has 0 bridgehead atoms. The van der Waals surface area contributed by atoms with E-state index in [9.17, 15) is 13.6 Å². The largest absolute Gasteiger partial charge is 0.468 e. The molecule has 0 aliphatic heterocycles. The topological polar surface area (TPSA) is 38.3 Å². The van der Waals surface area contributed by atoms with Crippen LogP contribution in [0.15, 0.2) is 23.1 Å². The lowest BCUT2D eigenvalue weighted by molar-refractivity contribution is -0.148. The molecule has 0 aromatic heterocycles. The zero-order valence-electron chi connectivity index (χ0n) is 12.7. The lowest BCUT2D eigenvalue weighted by Gasteiger charge is -2.30. The monoisotopic (exact) mass is 317 g/mol. The molecule has 0 aliphatic rings. The van der Waals surface area contributed by atoms with Crippen molar-refractivity contribution in [2.75, 3.05) is 12.9 Å². The van der Waals surface area contributed by atoms with Crippen molar-refractivity contribution in [3.05, 3.63) is 29.8 Å². The standard InChI is InChI=1S/C15H21F2NO2S/c1-10(2)18-15(3,14(19)20-4)7-8-21-13-9-11(16)5-6-12(13)17/h5-6,9-10,18H,7-8H2,1-4H3. The number of benzene rings is 1. The number of carbonyl (C=O) groups excluding carboxylic acids is 1. The van der Waals surface area contributed by atoms with Crippen LogP contribution in [-0.2, 0) is 9.53 Å². The van der Waals surface area contributed by atoms with Gasteiger partial charge in [-0.2, -0.15) is 0 Å². The number of rotatable bonds is 7. The van der Waals surface area contributed by atoms with Crippen molar-refractivity contribution < 1.29 is 18.3 Å². The van der Waals surface area contributed by atoms with E-state index in [-0.39, 0.29) is 16.9 Å². The van der Waals surface area contributed by atoms with Crippen molar-refractivity contribution in [3.63, 3.8) is 0 Å². The molecule has 0 amide bonds. The van der Waals surface area contributed by atoms with Gasteiger partial charge in [0.1, 0.15) is 17.2 Å². The van der Waals surface area contributed by atoms with E-state index < -0.39 is 17.2 Å². The second-order valence-corrected chi connectivity index (χ2v) is 6.43. The van der Waals surface area contributed by atoms with Crippen LogP contribution in [-0.4, -0.2) is 30.4 Å². The lowest BCUT2D eigenvalue weighted by atomic mass is 9.98. The highest BCUT2D eigenvalue weighted by Gasteiger charge is 2.34. The van der Waals surface area contributed by atoms with E-state index in [2.05, 4.69) is 5.32 Å². The zero-order valence-corrected chi connectivity index (χ0v) is 13.5. The van der Waals surface area contributed by atoms with Gasteiger partial charge in [-0.3, -0.25) is 10.1 Å². The van der Waals surface area contributed by atoms with Crippen molar-refractivity contribution in [1.29, 1.82) is 0 Å². The minimum atomic E-state index is -0.848. The van der Waals surface area contributed by atoms with E-state index in [4.69, 9.17) is 4.74 Å². The second-order valence-electron chi connectivity index (χ2n) is 5.30. The van der Waals surface area contributed by atoms with E-state index in [0.717, 1.165) is 18.2 Å².